The number of hydrogen-bond donors (Lipinski definition) is 1. The fourth-order valence-corrected chi connectivity index (χ4v) is 2.30. The molecule has 1 unspecified atom stereocenters. The van der Waals surface area contributed by atoms with Gasteiger partial charge >= 0.3 is 11.9 Å². The molecule has 1 N–H and O–H groups in total. The molecule has 0 aliphatic rings. The normalized spacial score (nSPS) is 13.3. The van der Waals surface area contributed by atoms with Gasteiger partial charge in [-0.2, -0.15) is 0 Å². The second-order valence-corrected chi connectivity index (χ2v) is 4.71. The zero-order chi connectivity index (χ0) is 15.9. The molecule has 0 saturated carbocycles. The fourth-order valence-electron chi connectivity index (χ4n) is 2.30. The van der Waals surface area contributed by atoms with Crippen LogP contribution in [-0.4, -0.2) is 35.7 Å². The largest absolute Gasteiger partial charge is 0.481 e. The Balaban J connectivity index is 3.23. The number of esters is 1. The van der Waals surface area contributed by atoms with Gasteiger partial charge < -0.3 is 14.6 Å². The Labute approximate surface area is 124 Å². The Morgan fingerprint density at radius 2 is 2.10 bits per heavy atom. The summed E-state index contributed by atoms with van der Waals surface area (Å²) in [5.74, 6) is -1.58. The molecule has 0 amide bonds. The van der Waals surface area contributed by atoms with Crippen LogP contribution in [0.3, 0.4) is 0 Å². The van der Waals surface area contributed by atoms with E-state index >= 15 is 0 Å². The van der Waals surface area contributed by atoms with Crippen molar-refractivity contribution in [1.29, 1.82) is 0 Å². The summed E-state index contributed by atoms with van der Waals surface area (Å²) in [5, 5.41) is 9.61. The van der Waals surface area contributed by atoms with Crippen LogP contribution in [0, 0.1) is 5.41 Å². The van der Waals surface area contributed by atoms with Crippen molar-refractivity contribution < 1.29 is 24.2 Å². The SMILES string of the molecule is CCCC(Cc1cccnc1OC)(C(=O)O)C(=O)OCC. The van der Waals surface area contributed by atoms with Gasteiger partial charge in [0, 0.05) is 18.2 Å². The first kappa shape index (κ1) is 16.9. The van der Waals surface area contributed by atoms with E-state index in [9.17, 15) is 14.7 Å². The minimum absolute atomic E-state index is 0.00792. The summed E-state index contributed by atoms with van der Waals surface area (Å²) in [6.07, 6.45) is 2.29. The molecule has 0 spiro atoms. The van der Waals surface area contributed by atoms with E-state index in [4.69, 9.17) is 9.47 Å². The number of nitrogens with zero attached hydrogens (tertiary/aromatic N) is 1. The highest BCUT2D eigenvalue weighted by molar-refractivity contribution is 5.99. The first-order valence-electron chi connectivity index (χ1n) is 6.90. The van der Waals surface area contributed by atoms with Gasteiger partial charge in [0.25, 0.3) is 0 Å². The smallest absolute Gasteiger partial charge is 0.323 e. The topological polar surface area (TPSA) is 85.7 Å². The van der Waals surface area contributed by atoms with Gasteiger partial charge in [-0.1, -0.05) is 19.4 Å². The van der Waals surface area contributed by atoms with Crippen molar-refractivity contribution in [3.05, 3.63) is 23.9 Å². The Kier molecular flexibility index (Phi) is 6.14. The summed E-state index contributed by atoms with van der Waals surface area (Å²) in [5.41, 5.74) is -1.04. The predicted octanol–water partition coefficient (Wildman–Crippen LogP) is 2.07. The van der Waals surface area contributed by atoms with E-state index in [-0.39, 0.29) is 19.4 Å². The summed E-state index contributed by atoms with van der Waals surface area (Å²) in [6, 6.07) is 3.39. The Morgan fingerprint density at radius 3 is 2.62 bits per heavy atom. The molecular weight excluding hydrogens is 274 g/mol. The molecule has 0 fully saturated rings. The lowest BCUT2D eigenvalue weighted by molar-refractivity contribution is -0.169. The monoisotopic (exact) mass is 295 g/mol. The first-order chi connectivity index (χ1) is 10.0. The van der Waals surface area contributed by atoms with Crippen LogP contribution in [0.5, 0.6) is 5.88 Å². The predicted molar refractivity (Wildman–Crippen MR) is 76.1 cm³/mol. The fraction of sp³-hybridized carbons (Fsp3) is 0.533. The zero-order valence-corrected chi connectivity index (χ0v) is 12.6. The van der Waals surface area contributed by atoms with Gasteiger partial charge in [-0.05, 0) is 19.4 Å². The highest BCUT2D eigenvalue weighted by Crippen LogP contribution is 2.33. The van der Waals surface area contributed by atoms with E-state index in [1.807, 2.05) is 6.92 Å². The van der Waals surface area contributed by atoms with Gasteiger partial charge in [-0.25, -0.2) is 4.98 Å². The zero-order valence-electron chi connectivity index (χ0n) is 12.6. The van der Waals surface area contributed by atoms with E-state index in [0.29, 0.717) is 17.9 Å². The summed E-state index contributed by atoms with van der Waals surface area (Å²) in [7, 11) is 1.46. The molecule has 1 aromatic heterocycles. The second-order valence-electron chi connectivity index (χ2n) is 4.71. The molecule has 0 aliphatic heterocycles. The average molecular weight is 295 g/mol. The van der Waals surface area contributed by atoms with Gasteiger partial charge in [-0.3, -0.25) is 9.59 Å². The van der Waals surface area contributed by atoms with Crippen molar-refractivity contribution in [2.75, 3.05) is 13.7 Å². The van der Waals surface area contributed by atoms with Crippen LogP contribution in [0.4, 0.5) is 0 Å². The molecule has 116 valence electrons. The molecule has 6 nitrogen and oxygen atoms in total. The third-order valence-electron chi connectivity index (χ3n) is 3.29. The lowest BCUT2D eigenvalue weighted by atomic mass is 9.78. The van der Waals surface area contributed by atoms with Crippen LogP contribution in [0.2, 0.25) is 0 Å². The number of carbonyl (C=O) groups excluding carboxylic acids is 1. The number of carboxylic acids is 1. The number of aromatic nitrogens is 1. The number of pyridine rings is 1. The summed E-state index contributed by atoms with van der Waals surface area (Å²) < 4.78 is 10.1. The molecule has 0 aliphatic carbocycles. The maximum absolute atomic E-state index is 12.2. The molecule has 0 radical (unpaired) electrons. The lowest BCUT2D eigenvalue weighted by Gasteiger charge is -2.27. The van der Waals surface area contributed by atoms with E-state index < -0.39 is 17.4 Å². The van der Waals surface area contributed by atoms with Crippen molar-refractivity contribution >= 4 is 11.9 Å². The molecule has 21 heavy (non-hydrogen) atoms. The van der Waals surface area contributed by atoms with Crippen LogP contribution in [0.25, 0.3) is 0 Å². The number of aliphatic carboxylic acids is 1. The lowest BCUT2D eigenvalue weighted by Crippen LogP contribution is -2.42. The van der Waals surface area contributed by atoms with Crippen molar-refractivity contribution in [3.63, 3.8) is 0 Å². The molecule has 0 aromatic carbocycles. The molecule has 1 aromatic rings. The van der Waals surface area contributed by atoms with E-state index in [1.54, 1.807) is 25.3 Å². The summed E-state index contributed by atoms with van der Waals surface area (Å²) in [6.45, 7) is 3.63. The standard InChI is InChI=1S/C15H21NO5/c1-4-8-15(13(17)18,14(19)21-5-2)10-11-7-6-9-16-12(11)20-3/h6-7,9H,4-5,8,10H2,1-3H3,(H,17,18). The number of methoxy groups -OCH3 is 1. The maximum atomic E-state index is 12.2. The quantitative estimate of drug-likeness (QED) is 0.583. The molecule has 1 atom stereocenters. The van der Waals surface area contributed by atoms with Crippen LogP contribution in [-0.2, 0) is 20.7 Å². The minimum atomic E-state index is -1.61. The van der Waals surface area contributed by atoms with Crippen molar-refractivity contribution in [2.45, 2.75) is 33.1 Å². The molecule has 0 bridgehead atoms. The Hall–Kier alpha value is -2.11. The van der Waals surface area contributed by atoms with E-state index in [2.05, 4.69) is 4.98 Å². The number of carboxylic acid groups (broad SMARTS) is 1. The second kappa shape index (κ2) is 7.61. The van der Waals surface area contributed by atoms with Gasteiger partial charge in [0.1, 0.15) is 0 Å². The first-order valence-corrected chi connectivity index (χ1v) is 6.90. The van der Waals surface area contributed by atoms with Crippen molar-refractivity contribution in [3.8, 4) is 5.88 Å². The number of carbonyl (C=O) groups is 2. The highest BCUT2D eigenvalue weighted by Gasteiger charge is 2.47. The molecule has 1 heterocycles. The Bertz CT molecular complexity index is 503. The molecule has 1 rings (SSSR count). The van der Waals surface area contributed by atoms with Crippen LogP contribution in [0.15, 0.2) is 18.3 Å². The number of hydrogen-bond acceptors (Lipinski definition) is 5. The van der Waals surface area contributed by atoms with Crippen LogP contribution in [0.1, 0.15) is 32.3 Å². The maximum Gasteiger partial charge on any atom is 0.323 e. The minimum Gasteiger partial charge on any atom is -0.481 e. The van der Waals surface area contributed by atoms with Crippen LogP contribution >= 0.6 is 0 Å². The van der Waals surface area contributed by atoms with E-state index in [0.717, 1.165) is 0 Å². The van der Waals surface area contributed by atoms with Crippen molar-refractivity contribution in [1.82, 2.24) is 4.98 Å². The number of rotatable bonds is 8. The van der Waals surface area contributed by atoms with Gasteiger partial charge in [0.2, 0.25) is 5.88 Å². The average Bonchev–Trinajstić information content (AvgIpc) is 2.47. The molecular formula is C15H21NO5. The Morgan fingerprint density at radius 1 is 1.38 bits per heavy atom. The highest BCUT2D eigenvalue weighted by atomic mass is 16.5. The van der Waals surface area contributed by atoms with Gasteiger partial charge in [0.05, 0.1) is 13.7 Å². The molecule has 6 heteroatoms. The van der Waals surface area contributed by atoms with Crippen molar-refractivity contribution in [2.24, 2.45) is 5.41 Å². The summed E-state index contributed by atoms with van der Waals surface area (Å²) in [4.78, 5) is 28.0. The number of ether oxygens (including phenoxy) is 2. The van der Waals surface area contributed by atoms with Gasteiger partial charge in [-0.15, -0.1) is 0 Å². The van der Waals surface area contributed by atoms with Crippen LogP contribution < -0.4 is 4.74 Å². The van der Waals surface area contributed by atoms with E-state index in [1.165, 1.54) is 7.11 Å². The third kappa shape index (κ3) is 3.71. The summed E-state index contributed by atoms with van der Waals surface area (Å²) >= 11 is 0. The third-order valence-corrected chi connectivity index (χ3v) is 3.29. The van der Waals surface area contributed by atoms with Gasteiger partial charge in [0.15, 0.2) is 5.41 Å². The molecule has 0 saturated heterocycles.